The van der Waals surface area contributed by atoms with Crippen LogP contribution in [-0.2, 0) is 0 Å². The molecule has 0 bridgehead atoms. The van der Waals surface area contributed by atoms with Gasteiger partial charge in [0.25, 0.3) is 0 Å². The highest BCUT2D eigenvalue weighted by atomic mass is 127. The molecule has 4 rings (SSSR count). The van der Waals surface area contributed by atoms with E-state index in [-0.39, 0.29) is 0 Å². The van der Waals surface area contributed by atoms with Crippen molar-refractivity contribution in [2.24, 2.45) is 0 Å². The fraction of sp³-hybridized carbons (Fsp3) is 0. The minimum absolute atomic E-state index is 0.582. The lowest BCUT2D eigenvalue weighted by Gasteiger charge is -2.02. The zero-order valence-electron chi connectivity index (χ0n) is 14.8. The number of hydrogen-bond acceptors (Lipinski definition) is 3. The first-order valence-electron chi connectivity index (χ1n) is 8.72. The van der Waals surface area contributed by atoms with Gasteiger partial charge in [0.2, 0.25) is 0 Å². The quantitative estimate of drug-likeness (QED) is 0.225. The number of nitriles is 1. The van der Waals surface area contributed by atoms with Crippen molar-refractivity contribution < 1.29 is 0 Å². The maximum Gasteiger partial charge on any atom is 0.134 e. The molecule has 0 amide bonds. The van der Waals surface area contributed by atoms with Crippen LogP contribution in [0.3, 0.4) is 0 Å². The lowest BCUT2D eigenvalue weighted by Crippen LogP contribution is -1.84. The monoisotopic (exact) mass is 490 g/mol. The number of halogens is 1. The normalized spacial score (nSPS) is 11.2. The van der Waals surface area contributed by atoms with E-state index >= 15 is 0 Å². The molecule has 0 radical (unpaired) electrons. The second-order valence-corrected chi connectivity index (χ2v) is 8.31. The highest BCUT2D eigenvalue weighted by Crippen LogP contribution is 2.29. The molecule has 0 aliphatic rings. The van der Waals surface area contributed by atoms with Gasteiger partial charge < -0.3 is 0 Å². The van der Waals surface area contributed by atoms with Gasteiger partial charge in [0.05, 0.1) is 11.3 Å². The second-order valence-electron chi connectivity index (χ2n) is 6.20. The smallest absolute Gasteiger partial charge is 0.134 e. The highest BCUT2D eigenvalue weighted by molar-refractivity contribution is 14.1. The molecule has 28 heavy (non-hydrogen) atoms. The predicted molar refractivity (Wildman–Crippen MR) is 126 cm³/mol. The number of aromatic nitrogens is 1. The minimum Gasteiger partial charge on any atom is -0.235 e. The zero-order valence-corrected chi connectivity index (χ0v) is 17.8. The van der Waals surface area contributed by atoms with Crippen LogP contribution >= 0.6 is 33.9 Å². The van der Waals surface area contributed by atoms with Crippen molar-refractivity contribution in [3.05, 3.63) is 98.4 Å². The standard InChI is InChI=1S/C24H15IN2S/c25-22-12-6-17(7-13-22)14-21(15-26)24-27-23(16-28-24)20-10-8-19(9-11-20)18-4-2-1-3-5-18/h1-14,16H. The summed E-state index contributed by atoms with van der Waals surface area (Å²) in [6.07, 6.45) is 1.89. The summed E-state index contributed by atoms with van der Waals surface area (Å²) in [6.45, 7) is 0. The highest BCUT2D eigenvalue weighted by Gasteiger charge is 2.09. The summed E-state index contributed by atoms with van der Waals surface area (Å²) < 4.78 is 1.17. The van der Waals surface area contributed by atoms with Crippen LogP contribution in [0, 0.1) is 14.9 Å². The number of rotatable bonds is 4. The Morgan fingerprint density at radius 3 is 2.18 bits per heavy atom. The van der Waals surface area contributed by atoms with Crippen LogP contribution in [0.2, 0.25) is 0 Å². The summed E-state index contributed by atoms with van der Waals surface area (Å²) in [5.41, 5.74) is 5.90. The van der Waals surface area contributed by atoms with Gasteiger partial charge in [-0.2, -0.15) is 5.26 Å². The Morgan fingerprint density at radius 2 is 1.50 bits per heavy atom. The average Bonchev–Trinajstić information content (AvgIpc) is 3.24. The van der Waals surface area contributed by atoms with Gasteiger partial charge in [-0.3, -0.25) is 0 Å². The van der Waals surface area contributed by atoms with E-state index in [1.807, 2.05) is 53.9 Å². The van der Waals surface area contributed by atoms with Gasteiger partial charge >= 0.3 is 0 Å². The zero-order chi connectivity index (χ0) is 19.3. The third-order valence-corrected chi connectivity index (χ3v) is 5.92. The Morgan fingerprint density at radius 1 is 0.857 bits per heavy atom. The van der Waals surface area contributed by atoms with E-state index in [1.165, 1.54) is 26.0 Å². The molecule has 0 unspecified atom stereocenters. The van der Waals surface area contributed by atoms with Crippen molar-refractivity contribution in [2.45, 2.75) is 0 Å². The van der Waals surface area contributed by atoms with Crippen molar-refractivity contribution in [1.29, 1.82) is 5.26 Å². The molecule has 0 aliphatic heterocycles. The maximum absolute atomic E-state index is 9.58. The van der Waals surface area contributed by atoms with Crippen LogP contribution in [0.1, 0.15) is 10.6 Å². The summed E-state index contributed by atoms with van der Waals surface area (Å²) >= 11 is 3.77. The van der Waals surface area contributed by atoms with Crippen molar-refractivity contribution in [2.75, 3.05) is 0 Å². The Hall–Kier alpha value is -2.75. The first-order chi connectivity index (χ1) is 13.7. The summed E-state index contributed by atoms with van der Waals surface area (Å²) in [5.74, 6) is 0. The molecular weight excluding hydrogens is 475 g/mol. The van der Waals surface area contributed by atoms with Crippen molar-refractivity contribution in [1.82, 2.24) is 4.98 Å². The average molecular weight is 490 g/mol. The lowest BCUT2D eigenvalue weighted by molar-refractivity contribution is 1.37. The first-order valence-corrected chi connectivity index (χ1v) is 10.7. The van der Waals surface area contributed by atoms with Crippen molar-refractivity contribution in [3.8, 4) is 28.5 Å². The van der Waals surface area contributed by atoms with Crippen LogP contribution in [0.15, 0.2) is 84.2 Å². The summed E-state index contributed by atoms with van der Waals surface area (Å²) in [6, 6.07) is 29.0. The van der Waals surface area contributed by atoms with E-state index in [0.717, 1.165) is 21.8 Å². The molecule has 0 spiro atoms. The van der Waals surface area contributed by atoms with E-state index in [1.54, 1.807) is 0 Å². The molecule has 1 heterocycles. The third-order valence-electron chi connectivity index (χ3n) is 4.32. The van der Waals surface area contributed by atoms with E-state index in [2.05, 4.69) is 65.1 Å². The fourth-order valence-electron chi connectivity index (χ4n) is 2.86. The van der Waals surface area contributed by atoms with Gasteiger partial charge in [-0.25, -0.2) is 4.98 Å². The second kappa shape index (κ2) is 8.51. The molecule has 0 N–H and O–H groups in total. The molecule has 4 aromatic rings. The Bertz CT molecular complexity index is 1150. The molecule has 0 fully saturated rings. The van der Waals surface area contributed by atoms with Gasteiger partial charge in [0, 0.05) is 14.5 Å². The van der Waals surface area contributed by atoms with Crippen LogP contribution in [0.5, 0.6) is 0 Å². The van der Waals surface area contributed by atoms with Gasteiger partial charge in [-0.1, -0.05) is 66.7 Å². The molecule has 0 saturated carbocycles. The third kappa shape index (κ3) is 4.22. The van der Waals surface area contributed by atoms with E-state index in [9.17, 15) is 5.26 Å². The van der Waals surface area contributed by atoms with E-state index in [4.69, 9.17) is 4.98 Å². The van der Waals surface area contributed by atoms with Crippen LogP contribution in [-0.4, -0.2) is 4.98 Å². The largest absolute Gasteiger partial charge is 0.235 e. The van der Waals surface area contributed by atoms with Crippen molar-refractivity contribution >= 4 is 45.6 Å². The Balaban J connectivity index is 1.60. The topological polar surface area (TPSA) is 36.7 Å². The van der Waals surface area contributed by atoms with Gasteiger partial charge in [-0.05, 0) is 57.5 Å². The van der Waals surface area contributed by atoms with Crippen LogP contribution in [0.4, 0.5) is 0 Å². The fourth-order valence-corrected chi connectivity index (χ4v) is 4.02. The number of benzene rings is 3. The van der Waals surface area contributed by atoms with Crippen LogP contribution < -0.4 is 0 Å². The van der Waals surface area contributed by atoms with E-state index in [0.29, 0.717) is 5.57 Å². The SMILES string of the molecule is N#CC(=Cc1ccc(I)cc1)c1nc(-c2ccc(-c3ccccc3)cc2)cs1. The van der Waals surface area contributed by atoms with Gasteiger partial charge in [0.15, 0.2) is 0 Å². The number of thiazole rings is 1. The van der Waals surface area contributed by atoms with Gasteiger partial charge in [-0.15, -0.1) is 11.3 Å². The number of hydrogen-bond donors (Lipinski definition) is 0. The predicted octanol–water partition coefficient (Wildman–Crippen LogP) is 7.15. The summed E-state index contributed by atoms with van der Waals surface area (Å²) in [4.78, 5) is 4.69. The lowest BCUT2D eigenvalue weighted by atomic mass is 10.0. The minimum atomic E-state index is 0.582. The molecule has 1 aromatic heterocycles. The van der Waals surface area contributed by atoms with Crippen molar-refractivity contribution in [3.63, 3.8) is 0 Å². The first kappa shape index (κ1) is 18.6. The molecule has 3 aromatic carbocycles. The Kier molecular flexibility index (Phi) is 5.65. The maximum atomic E-state index is 9.58. The van der Waals surface area contributed by atoms with Crippen LogP contribution in [0.25, 0.3) is 34.0 Å². The van der Waals surface area contributed by atoms with E-state index < -0.39 is 0 Å². The summed E-state index contributed by atoms with van der Waals surface area (Å²) in [7, 11) is 0. The van der Waals surface area contributed by atoms with Gasteiger partial charge in [0.1, 0.15) is 11.1 Å². The summed E-state index contributed by atoms with van der Waals surface area (Å²) in [5, 5.41) is 12.3. The Labute approximate surface area is 182 Å². The molecule has 2 nitrogen and oxygen atoms in total. The molecule has 134 valence electrons. The number of allylic oxidation sites excluding steroid dienone is 1. The molecule has 0 aliphatic carbocycles. The molecular formula is C24H15IN2S. The number of nitrogens with zero attached hydrogens (tertiary/aromatic N) is 2. The molecule has 0 saturated heterocycles. The molecule has 0 atom stereocenters. The molecule has 4 heteroatoms.